The SMILES string of the molecule is COc1cc(CN(C(C)=O)c2ccc(N3CCOCC3)c(C(=O)O)c2)ccc1OCc1ccc(Cl)cc1Cl. The fourth-order valence-electron chi connectivity index (χ4n) is 4.23. The standard InChI is InChI=1S/C28H28Cl2N2O6/c1-18(33)32(22-6-7-25(23(15-22)28(34)35)31-9-11-37-12-10-31)16-19-3-8-26(27(13-19)36-2)38-17-20-4-5-21(29)14-24(20)30/h3-8,13-15H,9-12,16-17H2,1-2H3,(H,34,35). The summed E-state index contributed by atoms with van der Waals surface area (Å²) in [6, 6.07) is 15.6. The van der Waals surface area contributed by atoms with Gasteiger partial charge >= 0.3 is 5.97 Å². The van der Waals surface area contributed by atoms with Crippen molar-refractivity contribution < 1.29 is 28.9 Å². The summed E-state index contributed by atoms with van der Waals surface area (Å²) in [5, 5.41) is 10.9. The van der Waals surface area contributed by atoms with E-state index in [-0.39, 0.29) is 24.6 Å². The van der Waals surface area contributed by atoms with Crippen LogP contribution in [0.25, 0.3) is 0 Å². The molecular formula is C28H28Cl2N2O6. The molecule has 0 unspecified atom stereocenters. The van der Waals surface area contributed by atoms with Crippen LogP contribution in [0.5, 0.6) is 11.5 Å². The Bertz CT molecular complexity index is 1330. The van der Waals surface area contributed by atoms with Crippen LogP contribution in [0, 0.1) is 0 Å². The molecule has 4 rings (SSSR count). The third-order valence-electron chi connectivity index (χ3n) is 6.22. The van der Waals surface area contributed by atoms with Gasteiger partial charge in [-0.25, -0.2) is 4.79 Å². The smallest absolute Gasteiger partial charge is 0.337 e. The molecule has 200 valence electrons. The Balaban J connectivity index is 1.55. The lowest BCUT2D eigenvalue weighted by Crippen LogP contribution is -2.37. The first-order valence-electron chi connectivity index (χ1n) is 12.0. The molecule has 1 heterocycles. The van der Waals surface area contributed by atoms with Crippen LogP contribution >= 0.6 is 23.2 Å². The largest absolute Gasteiger partial charge is 0.493 e. The zero-order valence-corrected chi connectivity index (χ0v) is 22.6. The zero-order valence-electron chi connectivity index (χ0n) is 21.1. The first kappa shape index (κ1) is 27.6. The van der Waals surface area contributed by atoms with Crippen molar-refractivity contribution in [2.45, 2.75) is 20.1 Å². The van der Waals surface area contributed by atoms with Gasteiger partial charge in [0.05, 0.1) is 38.1 Å². The highest BCUT2D eigenvalue weighted by Gasteiger charge is 2.22. The summed E-state index contributed by atoms with van der Waals surface area (Å²) in [6.07, 6.45) is 0. The number of rotatable bonds is 9. The summed E-state index contributed by atoms with van der Waals surface area (Å²) < 4.78 is 16.8. The summed E-state index contributed by atoms with van der Waals surface area (Å²) in [6.45, 7) is 4.16. The maximum absolute atomic E-state index is 12.6. The quantitative estimate of drug-likeness (QED) is 0.362. The van der Waals surface area contributed by atoms with E-state index in [9.17, 15) is 14.7 Å². The van der Waals surface area contributed by atoms with E-state index >= 15 is 0 Å². The van der Waals surface area contributed by atoms with Crippen LogP contribution < -0.4 is 19.3 Å². The fourth-order valence-corrected chi connectivity index (χ4v) is 4.70. The Morgan fingerprint density at radius 1 is 1.03 bits per heavy atom. The summed E-state index contributed by atoms with van der Waals surface area (Å²) in [5.74, 6) is -0.275. The molecule has 0 aromatic heterocycles. The Hall–Kier alpha value is -3.46. The second-order valence-electron chi connectivity index (χ2n) is 8.72. The zero-order chi connectivity index (χ0) is 27.2. The van der Waals surface area contributed by atoms with E-state index in [2.05, 4.69) is 0 Å². The number of hydrogen-bond donors (Lipinski definition) is 1. The van der Waals surface area contributed by atoms with E-state index in [1.54, 1.807) is 48.5 Å². The lowest BCUT2D eigenvalue weighted by molar-refractivity contribution is -0.116. The Morgan fingerprint density at radius 3 is 2.45 bits per heavy atom. The lowest BCUT2D eigenvalue weighted by Gasteiger charge is -2.31. The molecule has 1 N–H and O–H groups in total. The van der Waals surface area contributed by atoms with Gasteiger partial charge in [0, 0.05) is 41.3 Å². The van der Waals surface area contributed by atoms with Gasteiger partial charge in [-0.05, 0) is 48.0 Å². The van der Waals surface area contributed by atoms with Crippen molar-refractivity contribution in [3.05, 3.63) is 81.3 Å². The summed E-state index contributed by atoms with van der Waals surface area (Å²) in [5.41, 5.74) is 2.79. The molecule has 38 heavy (non-hydrogen) atoms. The number of carbonyl (C=O) groups is 2. The molecule has 8 nitrogen and oxygen atoms in total. The van der Waals surface area contributed by atoms with Gasteiger partial charge in [0.25, 0.3) is 0 Å². The minimum absolute atomic E-state index is 0.137. The molecule has 10 heteroatoms. The van der Waals surface area contributed by atoms with Crippen molar-refractivity contribution >= 4 is 46.5 Å². The Morgan fingerprint density at radius 2 is 1.79 bits per heavy atom. The summed E-state index contributed by atoms with van der Waals surface area (Å²) >= 11 is 12.2. The van der Waals surface area contributed by atoms with Gasteiger partial charge in [-0.15, -0.1) is 0 Å². The third-order valence-corrected chi connectivity index (χ3v) is 6.81. The highest BCUT2D eigenvalue weighted by molar-refractivity contribution is 6.35. The van der Waals surface area contributed by atoms with E-state index in [0.29, 0.717) is 59.2 Å². The molecule has 0 atom stereocenters. The number of benzene rings is 3. The number of ether oxygens (including phenoxy) is 3. The Kier molecular flexibility index (Phi) is 8.99. The van der Waals surface area contributed by atoms with Gasteiger partial charge in [-0.2, -0.15) is 0 Å². The van der Waals surface area contributed by atoms with E-state index < -0.39 is 5.97 Å². The Labute approximate surface area is 231 Å². The molecule has 1 aliphatic heterocycles. The second kappa shape index (κ2) is 12.4. The van der Waals surface area contributed by atoms with Crippen LogP contribution in [-0.4, -0.2) is 50.4 Å². The normalized spacial score (nSPS) is 13.2. The average molecular weight is 559 g/mol. The molecule has 0 saturated carbocycles. The minimum atomic E-state index is -1.05. The fraction of sp³-hybridized carbons (Fsp3) is 0.286. The number of carboxylic acid groups (broad SMARTS) is 1. The predicted molar refractivity (Wildman–Crippen MR) is 147 cm³/mol. The second-order valence-corrected chi connectivity index (χ2v) is 9.56. The first-order valence-corrected chi connectivity index (χ1v) is 12.7. The number of methoxy groups -OCH3 is 1. The van der Waals surface area contributed by atoms with E-state index in [1.807, 2.05) is 11.0 Å². The molecule has 0 spiro atoms. The number of anilines is 2. The van der Waals surface area contributed by atoms with Gasteiger partial charge in [-0.1, -0.05) is 35.3 Å². The first-order chi connectivity index (χ1) is 18.3. The maximum atomic E-state index is 12.6. The van der Waals surface area contributed by atoms with Crippen LogP contribution in [0.3, 0.4) is 0 Å². The van der Waals surface area contributed by atoms with Gasteiger partial charge < -0.3 is 29.1 Å². The number of nitrogens with zero attached hydrogens (tertiary/aromatic N) is 2. The van der Waals surface area contributed by atoms with Crippen molar-refractivity contribution in [2.75, 3.05) is 43.2 Å². The van der Waals surface area contributed by atoms with Crippen molar-refractivity contribution in [1.29, 1.82) is 0 Å². The highest BCUT2D eigenvalue weighted by atomic mass is 35.5. The number of aromatic carboxylic acids is 1. The van der Waals surface area contributed by atoms with Crippen molar-refractivity contribution in [2.24, 2.45) is 0 Å². The van der Waals surface area contributed by atoms with Crippen LogP contribution in [0.1, 0.15) is 28.4 Å². The van der Waals surface area contributed by atoms with Crippen molar-refractivity contribution in [3.63, 3.8) is 0 Å². The molecule has 3 aromatic carbocycles. The molecule has 3 aromatic rings. The van der Waals surface area contributed by atoms with E-state index in [0.717, 1.165) is 11.1 Å². The average Bonchev–Trinajstić information content (AvgIpc) is 2.91. The molecule has 1 fully saturated rings. The lowest BCUT2D eigenvalue weighted by atomic mass is 10.1. The summed E-state index contributed by atoms with van der Waals surface area (Å²) in [4.78, 5) is 28.2. The van der Waals surface area contributed by atoms with Gasteiger partial charge in [0.15, 0.2) is 11.5 Å². The molecule has 0 bridgehead atoms. The molecule has 0 radical (unpaired) electrons. The molecule has 1 aliphatic rings. The van der Waals surface area contributed by atoms with E-state index in [4.69, 9.17) is 37.4 Å². The topological polar surface area (TPSA) is 88.5 Å². The minimum Gasteiger partial charge on any atom is -0.493 e. The number of carboxylic acids is 1. The van der Waals surface area contributed by atoms with Gasteiger partial charge in [-0.3, -0.25) is 4.79 Å². The number of hydrogen-bond acceptors (Lipinski definition) is 6. The van der Waals surface area contributed by atoms with Crippen molar-refractivity contribution in [1.82, 2.24) is 0 Å². The van der Waals surface area contributed by atoms with E-state index in [1.165, 1.54) is 18.9 Å². The van der Waals surface area contributed by atoms with Gasteiger partial charge in [0.1, 0.15) is 6.61 Å². The van der Waals surface area contributed by atoms with Crippen molar-refractivity contribution in [3.8, 4) is 11.5 Å². The maximum Gasteiger partial charge on any atom is 0.337 e. The molecule has 0 aliphatic carbocycles. The number of carbonyl (C=O) groups excluding carboxylic acids is 1. The predicted octanol–water partition coefficient (Wildman–Crippen LogP) is 5.67. The van der Waals surface area contributed by atoms with Gasteiger partial charge in [0.2, 0.25) is 5.91 Å². The van der Waals surface area contributed by atoms with Crippen LogP contribution in [-0.2, 0) is 22.7 Å². The van der Waals surface area contributed by atoms with Crippen LogP contribution in [0.4, 0.5) is 11.4 Å². The monoisotopic (exact) mass is 558 g/mol. The molecular weight excluding hydrogens is 531 g/mol. The number of halogens is 2. The number of amides is 1. The van der Waals surface area contributed by atoms with Crippen LogP contribution in [0.2, 0.25) is 10.0 Å². The molecule has 1 saturated heterocycles. The summed E-state index contributed by atoms with van der Waals surface area (Å²) in [7, 11) is 1.54. The van der Waals surface area contributed by atoms with Crippen LogP contribution in [0.15, 0.2) is 54.6 Å². The molecule has 1 amide bonds. The third kappa shape index (κ3) is 6.51. The highest BCUT2D eigenvalue weighted by Crippen LogP contribution is 2.32. The number of morpholine rings is 1.